The maximum absolute atomic E-state index is 11.9. The maximum atomic E-state index is 11.9. The number of aliphatic hydroxyl groups excluding tert-OH is 4. The van der Waals surface area contributed by atoms with Crippen LogP contribution in [-0.2, 0) is 29.9 Å². The van der Waals surface area contributed by atoms with Gasteiger partial charge in [-0.15, -0.1) is 0 Å². The van der Waals surface area contributed by atoms with Gasteiger partial charge in [0, 0.05) is 41.1 Å². The number of carboxylic acids is 2. The summed E-state index contributed by atoms with van der Waals surface area (Å²) < 4.78 is 14.6. The van der Waals surface area contributed by atoms with E-state index in [4.69, 9.17) is 9.47 Å². The molecule has 1 fully saturated rings. The van der Waals surface area contributed by atoms with Crippen LogP contribution in [0.3, 0.4) is 0 Å². The molecule has 3 heterocycles. The summed E-state index contributed by atoms with van der Waals surface area (Å²) in [5, 5.41) is 66.5. The average molecular weight is 844 g/mol. The first-order valence-corrected chi connectivity index (χ1v) is 21.3. The largest absolute Gasteiger partial charge is 0.481 e. The molecule has 62 heavy (non-hydrogen) atoms. The Balaban J connectivity index is 1.26. The number of hydrogen-bond acceptors (Lipinski definition) is 9. The minimum atomic E-state index is -1.65. The molecule has 6 N–H and O–H groups in total. The van der Waals surface area contributed by atoms with Crippen LogP contribution in [0.2, 0.25) is 0 Å². The van der Waals surface area contributed by atoms with Gasteiger partial charge in [0.2, 0.25) is 12.0 Å². The van der Waals surface area contributed by atoms with Crippen molar-refractivity contribution in [2.75, 3.05) is 24.6 Å². The van der Waals surface area contributed by atoms with Crippen molar-refractivity contribution in [3.8, 4) is 0 Å². The zero-order valence-electron chi connectivity index (χ0n) is 35.5. The molecule has 4 aromatic rings. The SMILES string of the molecule is CC1(C)C(/C=C\C2=C(O[C@H]3O[C@H](CO)[C@H](O)[C@H](O)[C@H]3O)C(=C\C=C3/N(CCC(=O)O)c4ccc5ccccc5c4C3(C)C)/CCC2)=[N+](CCC(=O)O)c2ccc3ccccc3c21. The second-order valence-corrected chi connectivity index (χ2v) is 17.7. The van der Waals surface area contributed by atoms with Crippen LogP contribution >= 0.6 is 0 Å². The predicted octanol–water partition coefficient (Wildman–Crippen LogP) is 6.74. The van der Waals surface area contributed by atoms with E-state index in [1.807, 2.05) is 48.6 Å². The predicted molar refractivity (Wildman–Crippen MR) is 237 cm³/mol. The molecule has 0 unspecified atom stereocenters. The Kier molecular flexibility index (Phi) is 11.7. The number of carbonyl (C=O) groups is 2. The molecule has 324 valence electrons. The fourth-order valence-electron chi connectivity index (χ4n) is 9.98. The lowest BCUT2D eigenvalue weighted by Gasteiger charge is -2.40. The lowest BCUT2D eigenvalue weighted by atomic mass is 9.78. The number of carboxylic acid groups (broad SMARTS) is 2. The lowest BCUT2D eigenvalue weighted by Crippen LogP contribution is -2.59. The van der Waals surface area contributed by atoms with Crippen molar-refractivity contribution >= 4 is 50.6 Å². The number of fused-ring (bicyclic) bond motifs is 6. The minimum Gasteiger partial charge on any atom is -0.481 e. The van der Waals surface area contributed by atoms with Gasteiger partial charge in [0.25, 0.3) is 0 Å². The molecular formula is C50H55N2O10+. The highest BCUT2D eigenvalue weighted by atomic mass is 16.7. The molecule has 8 rings (SSSR count). The Morgan fingerprint density at radius 2 is 1.45 bits per heavy atom. The summed E-state index contributed by atoms with van der Waals surface area (Å²) in [7, 11) is 0. The van der Waals surface area contributed by atoms with Crippen molar-refractivity contribution in [3.05, 3.63) is 131 Å². The molecule has 0 saturated carbocycles. The smallest absolute Gasteiger partial charge is 0.309 e. The van der Waals surface area contributed by atoms with Gasteiger partial charge in [0.1, 0.15) is 36.6 Å². The number of ether oxygens (including phenoxy) is 2. The number of aliphatic hydroxyl groups is 4. The van der Waals surface area contributed by atoms with Crippen molar-refractivity contribution in [2.45, 2.75) is 101 Å². The summed E-state index contributed by atoms with van der Waals surface area (Å²) >= 11 is 0. The molecule has 4 aromatic carbocycles. The van der Waals surface area contributed by atoms with Crippen molar-refractivity contribution in [1.29, 1.82) is 0 Å². The molecule has 3 aliphatic heterocycles. The molecule has 1 aliphatic carbocycles. The molecule has 4 aliphatic rings. The van der Waals surface area contributed by atoms with E-state index >= 15 is 0 Å². The van der Waals surface area contributed by atoms with Crippen molar-refractivity contribution in [1.82, 2.24) is 0 Å². The van der Waals surface area contributed by atoms with Gasteiger partial charge in [-0.25, -0.2) is 0 Å². The molecule has 12 nitrogen and oxygen atoms in total. The van der Waals surface area contributed by atoms with Gasteiger partial charge in [0.15, 0.2) is 12.3 Å². The van der Waals surface area contributed by atoms with Crippen LogP contribution in [0.25, 0.3) is 21.5 Å². The van der Waals surface area contributed by atoms with Crippen LogP contribution in [0.4, 0.5) is 11.4 Å². The van der Waals surface area contributed by atoms with Crippen LogP contribution in [0.1, 0.15) is 70.9 Å². The molecular weight excluding hydrogens is 789 g/mol. The van der Waals surface area contributed by atoms with E-state index < -0.39 is 60.1 Å². The fraction of sp³-hybridized carbons (Fsp3) is 0.380. The molecule has 0 bridgehead atoms. The molecule has 0 spiro atoms. The Bertz CT molecular complexity index is 2600. The number of nitrogens with zero attached hydrogens (tertiary/aromatic N) is 2. The van der Waals surface area contributed by atoms with Crippen LogP contribution in [0.5, 0.6) is 0 Å². The summed E-state index contributed by atoms with van der Waals surface area (Å²) in [6.45, 7) is 8.43. The third kappa shape index (κ3) is 7.64. The van der Waals surface area contributed by atoms with Gasteiger partial charge in [0.05, 0.1) is 18.4 Å². The first kappa shape index (κ1) is 43.0. The van der Waals surface area contributed by atoms with E-state index in [0.29, 0.717) is 18.6 Å². The fourth-order valence-corrected chi connectivity index (χ4v) is 9.98. The molecule has 0 radical (unpaired) electrons. The number of allylic oxidation sites excluding steroid dienone is 7. The zero-order valence-corrected chi connectivity index (χ0v) is 35.5. The van der Waals surface area contributed by atoms with Crippen LogP contribution in [0, 0.1) is 0 Å². The van der Waals surface area contributed by atoms with E-state index in [1.54, 1.807) is 0 Å². The second-order valence-electron chi connectivity index (χ2n) is 17.7. The van der Waals surface area contributed by atoms with Gasteiger partial charge in [-0.05, 0) is 95.6 Å². The highest BCUT2D eigenvalue weighted by Crippen LogP contribution is 2.51. The third-order valence-electron chi connectivity index (χ3n) is 13.0. The standard InChI is InChI=1S/C50H54N2O10/c1-49(2)38(51(26-24-40(54)55)35-20-16-29-10-5-7-14-33(29)42(35)49)22-18-31-12-9-13-32(47(31)62-48-46(60)45(59)44(58)37(28-53)61-48)19-23-39-50(3,4)43-34-15-8-6-11-30(34)17-21-36(43)52(39)27-25-41(56)57/h5-8,10-11,14-23,37,44-46,48,53,58-60H,9,12-13,24-28H2,1-4H3,(H-,54,55,56,57)/p+1/t37-,44+,45+,46-,48-/m1/s1. The minimum absolute atomic E-state index is 0.0745. The van der Waals surface area contributed by atoms with Gasteiger partial charge >= 0.3 is 11.9 Å². The zero-order chi connectivity index (χ0) is 44.1. The average Bonchev–Trinajstić information content (AvgIpc) is 3.61. The number of benzene rings is 4. The first-order valence-electron chi connectivity index (χ1n) is 21.3. The van der Waals surface area contributed by atoms with Crippen LogP contribution in [0.15, 0.2) is 120 Å². The van der Waals surface area contributed by atoms with Gasteiger partial charge in [-0.3, -0.25) is 9.59 Å². The summed E-state index contributed by atoms with van der Waals surface area (Å²) in [5.41, 5.74) is 6.35. The van der Waals surface area contributed by atoms with Crippen molar-refractivity contribution in [3.63, 3.8) is 0 Å². The first-order chi connectivity index (χ1) is 29.6. The third-order valence-corrected chi connectivity index (χ3v) is 13.0. The van der Waals surface area contributed by atoms with Crippen molar-refractivity contribution < 1.29 is 54.3 Å². The molecule has 1 saturated heterocycles. The van der Waals surface area contributed by atoms with Gasteiger partial charge < -0.3 is 45.0 Å². The Hall–Kier alpha value is -5.63. The highest BCUT2D eigenvalue weighted by Gasteiger charge is 2.47. The van der Waals surface area contributed by atoms with Gasteiger partial charge in [-0.1, -0.05) is 74.5 Å². The molecule has 0 amide bonds. The highest BCUT2D eigenvalue weighted by molar-refractivity contribution is 6.08. The van der Waals surface area contributed by atoms with E-state index in [2.05, 4.69) is 85.7 Å². The Morgan fingerprint density at radius 1 is 0.790 bits per heavy atom. The molecule has 12 heteroatoms. The summed E-state index contributed by atoms with van der Waals surface area (Å²) in [6.07, 6.45) is 2.22. The van der Waals surface area contributed by atoms with Crippen LogP contribution in [-0.4, -0.2) is 103 Å². The normalized spacial score (nSPS) is 25.7. The Labute approximate surface area is 360 Å². The Morgan fingerprint density at radius 3 is 2.13 bits per heavy atom. The lowest BCUT2D eigenvalue weighted by molar-refractivity contribution is -0.436. The maximum Gasteiger partial charge on any atom is 0.309 e. The molecule has 0 aromatic heterocycles. The van der Waals surface area contributed by atoms with Crippen LogP contribution < -0.4 is 4.90 Å². The molecule has 5 atom stereocenters. The van der Waals surface area contributed by atoms with Crippen molar-refractivity contribution in [2.24, 2.45) is 0 Å². The second kappa shape index (κ2) is 16.9. The topological polar surface area (TPSA) is 180 Å². The van der Waals surface area contributed by atoms with E-state index in [1.165, 1.54) is 0 Å². The summed E-state index contributed by atoms with van der Waals surface area (Å²) in [6, 6.07) is 24.5. The monoisotopic (exact) mass is 843 g/mol. The summed E-state index contributed by atoms with van der Waals surface area (Å²) in [4.78, 5) is 26.0. The van der Waals surface area contributed by atoms with E-state index in [-0.39, 0.29) is 25.9 Å². The number of hydrogen-bond donors (Lipinski definition) is 6. The summed E-state index contributed by atoms with van der Waals surface area (Å²) in [5.74, 6) is -1.41. The number of anilines is 1. The van der Waals surface area contributed by atoms with Gasteiger partial charge in [-0.2, -0.15) is 4.58 Å². The van der Waals surface area contributed by atoms with E-state index in [9.17, 15) is 40.2 Å². The quantitative estimate of drug-likeness (QED) is 0.0833. The van der Waals surface area contributed by atoms with E-state index in [0.717, 1.165) is 73.0 Å². The number of rotatable bonds is 12. The number of aliphatic carboxylic acids is 2.